The Labute approximate surface area is 61.9 Å². The molecular weight excluding hydrogens is 152 g/mol. The molecular formula is C6H5F2N3. The van der Waals surface area contributed by atoms with E-state index in [-0.39, 0.29) is 0 Å². The first-order valence-electron chi connectivity index (χ1n) is 2.87. The minimum Gasteiger partial charge on any atom is -0.196 e. The van der Waals surface area contributed by atoms with Crippen LogP contribution in [0.5, 0.6) is 0 Å². The van der Waals surface area contributed by atoms with Crippen LogP contribution >= 0.6 is 0 Å². The maximum Gasteiger partial charge on any atom is 0.433 e. The van der Waals surface area contributed by atoms with Crippen LogP contribution in [0.1, 0.15) is 5.56 Å². The van der Waals surface area contributed by atoms with Gasteiger partial charge in [-0.05, 0) is 12.5 Å². The highest BCUT2D eigenvalue weighted by Gasteiger charge is 2.31. The predicted molar refractivity (Wildman–Crippen MR) is 32.8 cm³/mol. The van der Waals surface area contributed by atoms with Crippen LogP contribution in [0.25, 0.3) is 0 Å². The molecule has 0 saturated heterocycles. The molecule has 5 heteroatoms. The van der Waals surface area contributed by atoms with Gasteiger partial charge in [-0.3, -0.25) is 0 Å². The van der Waals surface area contributed by atoms with Crippen molar-refractivity contribution in [1.82, 2.24) is 9.78 Å². The average Bonchev–Trinajstić information content (AvgIpc) is 2.36. The number of aryl methyl sites for hydroxylation is 1. The zero-order valence-electron chi connectivity index (χ0n) is 5.75. The standard InChI is InChI=1S/C6H5F2N3/c1-5-2-10-11(3-5)6(7,8)4-9/h2-3H,1H3. The van der Waals surface area contributed by atoms with Crippen LogP contribution in [-0.4, -0.2) is 9.78 Å². The van der Waals surface area contributed by atoms with Crippen molar-refractivity contribution in [3.8, 4) is 6.07 Å². The molecule has 0 spiro atoms. The maximum absolute atomic E-state index is 12.4. The molecule has 0 saturated carbocycles. The molecule has 0 aliphatic carbocycles. The van der Waals surface area contributed by atoms with Gasteiger partial charge in [-0.15, -0.1) is 0 Å². The molecule has 0 aromatic carbocycles. The predicted octanol–water partition coefficient (Wildman–Crippen LogP) is 1.26. The third-order valence-corrected chi connectivity index (χ3v) is 1.13. The van der Waals surface area contributed by atoms with Gasteiger partial charge in [-0.1, -0.05) is 0 Å². The number of alkyl halides is 2. The third kappa shape index (κ3) is 1.34. The fourth-order valence-electron chi connectivity index (χ4n) is 0.618. The summed E-state index contributed by atoms with van der Waals surface area (Å²) < 4.78 is 25.2. The van der Waals surface area contributed by atoms with Gasteiger partial charge >= 0.3 is 6.05 Å². The molecule has 11 heavy (non-hydrogen) atoms. The maximum atomic E-state index is 12.4. The van der Waals surface area contributed by atoms with E-state index in [0.717, 1.165) is 12.3 Å². The molecule has 1 rings (SSSR count). The van der Waals surface area contributed by atoms with E-state index in [2.05, 4.69) is 5.10 Å². The van der Waals surface area contributed by atoms with E-state index >= 15 is 0 Å². The molecule has 0 fully saturated rings. The average molecular weight is 157 g/mol. The van der Waals surface area contributed by atoms with Crippen molar-refractivity contribution in [1.29, 1.82) is 5.26 Å². The fourth-order valence-corrected chi connectivity index (χ4v) is 0.618. The number of nitriles is 1. The number of hydrogen-bond acceptors (Lipinski definition) is 2. The molecule has 1 heterocycles. The number of rotatable bonds is 1. The zero-order chi connectivity index (χ0) is 8.48. The van der Waals surface area contributed by atoms with Crippen LogP contribution < -0.4 is 0 Å². The lowest BCUT2D eigenvalue weighted by Crippen LogP contribution is -2.20. The van der Waals surface area contributed by atoms with Crippen molar-refractivity contribution in [3.63, 3.8) is 0 Å². The quantitative estimate of drug-likeness (QED) is 0.615. The summed E-state index contributed by atoms with van der Waals surface area (Å²) in [6, 6.07) is -2.70. The van der Waals surface area contributed by atoms with Crippen LogP contribution in [0.2, 0.25) is 0 Å². The van der Waals surface area contributed by atoms with Crippen molar-refractivity contribution in [2.24, 2.45) is 0 Å². The highest BCUT2D eigenvalue weighted by atomic mass is 19.3. The molecule has 0 bridgehead atoms. The Bertz CT molecular complexity index is 297. The minimum absolute atomic E-state index is 0.336. The van der Waals surface area contributed by atoms with Crippen molar-refractivity contribution in [2.75, 3.05) is 0 Å². The Balaban J connectivity index is 3.04. The van der Waals surface area contributed by atoms with Crippen molar-refractivity contribution in [3.05, 3.63) is 18.0 Å². The SMILES string of the molecule is Cc1cnn(C(F)(F)C#N)c1. The van der Waals surface area contributed by atoms with Crippen LogP contribution in [0.15, 0.2) is 12.4 Å². The summed E-state index contributed by atoms with van der Waals surface area (Å²) in [7, 11) is 0. The highest BCUT2D eigenvalue weighted by molar-refractivity contribution is 5.03. The topological polar surface area (TPSA) is 41.6 Å². The zero-order valence-corrected chi connectivity index (χ0v) is 5.75. The van der Waals surface area contributed by atoms with Crippen LogP contribution in [-0.2, 0) is 6.05 Å². The van der Waals surface area contributed by atoms with E-state index in [9.17, 15) is 8.78 Å². The first-order valence-corrected chi connectivity index (χ1v) is 2.87. The summed E-state index contributed by atoms with van der Waals surface area (Å²) in [6.45, 7) is 1.62. The van der Waals surface area contributed by atoms with E-state index in [0.29, 0.717) is 10.2 Å². The molecule has 1 aromatic rings. The Morgan fingerprint density at radius 1 is 1.73 bits per heavy atom. The first-order chi connectivity index (χ1) is 5.06. The number of hydrogen-bond donors (Lipinski definition) is 0. The number of halogens is 2. The number of aromatic nitrogens is 2. The molecule has 0 aliphatic rings. The second-order valence-electron chi connectivity index (χ2n) is 2.12. The van der Waals surface area contributed by atoms with E-state index in [4.69, 9.17) is 5.26 Å². The van der Waals surface area contributed by atoms with Gasteiger partial charge in [0.2, 0.25) is 0 Å². The van der Waals surface area contributed by atoms with Gasteiger partial charge in [0.05, 0.1) is 6.20 Å². The van der Waals surface area contributed by atoms with Gasteiger partial charge in [0.25, 0.3) is 0 Å². The van der Waals surface area contributed by atoms with Gasteiger partial charge in [0.15, 0.2) is 6.07 Å². The molecule has 0 unspecified atom stereocenters. The molecule has 0 amide bonds. The summed E-state index contributed by atoms with van der Waals surface area (Å²) in [4.78, 5) is 0. The molecule has 0 aliphatic heterocycles. The largest absolute Gasteiger partial charge is 0.433 e. The highest BCUT2D eigenvalue weighted by Crippen LogP contribution is 2.17. The summed E-state index contributed by atoms with van der Waals surface area (Å²) in [6.07, 6.45) is 2.38. The van der Waals surface area contributed by atoms with E-state index in [1.807, 2.05) is 0 Å². The van der Waals surface area contributed by atoms with E-state index < -0.39 is 6.05 Å². The van der Waals surface area contributed by atoms with Crippen molar-refractivity contribution < 1.29 is 8.78 Å². The molecule has 0 N–H and O–H groups in total. The second-order valence-corrected chi connectivity index (χ2v) is 2.12. The Morgan fingerprint density at radius 3 is 2.73 bits per heavy atom. The van der Waals surface area contributed by atoms with Crippen LogP contribution in [0.4, 0.5) is 8.78 Å². The summed E-state index contributed by atoms with van der Waals surface area (Å²) in [5.41, 5.74) is 0.597. The lowest BCUT2D eigenvalue weighted by atomic mass is 10.4. The van der Waals surface area contributed by atoms with Crippen molar-refractivity contribution in [2.45, 2.75) is 13.0 Å². The number of nitrogens with zero attached hydrogens (tertiary/aromatic N) is 3. The van der Waals surface area contributed by atoms with Crippen LogP contribution in [0, 0.1) is 18.3 Å². The smallest absolute Gasteiger partial charge is 0.196 e. The van der Waals surface area contributed by atoms with Gasteiger partial charge in [-0.25, -0.2) is 0 Å². The molecule has 0 atom stereocenters. The normalized spacial score (nSPS) is 11.1. The van der Waals surface area contributed by atoms with Gasteiger partial charge in [0, 0.05) is 6.20 Å². The van der Waals surface area contributed by atoms with Gasteiger partial charge < -0.3 is 0 Å². The Kier molecular flexibility index (Phi) is 1.61. The van der Waals surface area contributed by atoms with Gasteiger partial charge in [-0.2, -0.15) is 23.8 Å². The molecule has 58 valence electrons. The fraction of sp³-hybridized carbons (Fsp3) is 0.333. The Morgan fingerprint density at radius 2 is 2.36 bits per heavy atom. The van der Waals surface area contributed by atoms with E-state index in [1.165, 1.54) is 6.20 Å². The first kappa shape index (κ1) is 7.66. The lowest BCUT2D eigenvalue weighted by Gasteiger charge is -2.05. The Hall–Kier alpha value is -1.44. The molecule has 3 nitrogen and oxygen atoms in total. The summed E-state index contributed by atoms with van der Waals surface area (Å²) in [5, 5.41) is 11.3. The second kappa shape index (κ2) is 2.31. The summed E-state index contributed by atoms with van der Waals surface area (Å²) >= 11 is 0. The van der Waals surface area contributed by atoms with Crippen LogP contribution in [0.3, 0.4) is 0 Å². The van der Waals surface area contributed by atoms with Crippen molar-refractivity contribution >= 4 is 0 Å². The lowest BCUT2D eigenvalue weighted by molar-refractivity contribution is -0.0310. The monoisotopic (exact) mass is 157 g/mol. The minimum atomic E-state index is -3.53. The third-order valence-electron chi connectivity index (χ3n) is 1.13. The molecule has 0 radical (unpaired) electrons. The van der Waals surface area contributed by atoms with E-state index in [1.54, 1.807) is 6.92 Å². The summed E-state index contributed by atoms with van der Waals surface area (Å²) in [5.74, 6) is 0. The van der Waals surface area contributed by atoms with Gasteiger partial charge in [0.1, 0.15) is 0 Å². The molecule has 1 aromatic heterocycles.